The molecule has 1 aliphatic heterocycles. The van der Waals surface area contributed by atoms with Gasteiger partial charge >= 0.3 is 5.97 Å². The number of nitrogens with one attached hydrogen (secondary N) is 1. The number of hydrogen-bond acceptors (Lipinski definition) is 5. The molecule has 0 aromatic heterocycles. The lowest BCUT2D eigenvalue weighted by atomic mass is 10.2. The van der Waals surface area contributed by atoms with Gasteiger partial charge in [-0.2, -0.15) is 0 Å². The average molecular weight is 364 g/mol. The molecular formula is C18H24N2O4S. The van der Waals surface area contributed by atoms with E-state index in [1.165, 1.54) is 11.8 Å². The number of nitrogens with zero attached hydrogens (tertiary/aromatic N) is 1. The van der Waals surface area contributed by atoms with E-state index in [4.69, 9.17) is 4.74 Å². The Hall–Kier alpha value is -2.02. The SMILES string of the molecule is CCCCN(CC)C(=O)COC(=O)C[C@@H]1Sc2ccccc2NC1=O. The first-order valence-corrected chi connectivity index (χ1v) is 9.43. The monoisotopic (exact) mass is 364 g/mol. The fraction of sp³-hybridized carbons (Fsp3) is 0.500. The summed E-state index contributed by atoms with van der Waals surface area (Å²) in [4.78, 5) is 38.8. The first-order valence-electron chi connectivity index (χ1n) is 8.55. The van der Waals surface area contributed by atoms with Crippen LogP contribution in [0.2, 0.25) is 0 Å². The maximum Gasteiger partial charge on any atom is 0.307 e. The minimum absolute atomic E-state index is 0.0563. The molecule has 0 bridgehead atoms. The Labute approximate surface area is 152 Å². The number of unbranched alkanes of at least 4 members (excludes halogenated alkanes) is 1. The molecule has 0 unspecified atom stereocenters. The summed E-state index contributed by atoms with van der Waals surface area (Å²) < 4.78 is 5.08. The standard InChI is InChI=1S/C18H24N2O4S/c1-3-5-10-20(4-2)16(21)12-24-17(22)11-15-18(23)19-13-8-6-7-9-14(13)25-15/h6-9,15H,3-5,10-12H2,1-2H3,(H,19,23)/t15-/m0/s1. The molecule has 1 N–H and O–H groups in total. The molecule has 0 saturated carbocycles. The van der Waals surface area contributed by atoms with E-state index >= 15 is 0 Å². The Morgan fingerprint density at radius 3 is 2.76 bits per heavy atom. The second-order valence-corrected chi connectivity index (χ2v) is 7.03. The van der Waals surface area contributed by atoms with E-state index in [1.807, 2.05) is 31.2 Å². The van der Waals surface area contributed by atoms with Crippen molar-refractivity contribution in [3.05, 3.63) is 24.3 Å². The molecule has 2 rings (SSSR count). The molecule has 1 aromatic rings. The average Bonchev–Trinajstić information content (AvgIpc) is 2.61. The van der Waals surface area contributed by atoms with Crippen LogP contribution in [0.4, 0.5) is 5.69 Å². The van der Waals surface area contributed by atoms with Crippen LogP contribution in [0.3, 0.4) is 0 Å². The Morgan fingerprint density at radius 2 is 2.04 bits per heavy atom. The normalized spacial score (nSPS) is 15.9. The fourth-order valence-electron chi connectivity index (χ4n) is 2.48. The zero-order chi connectivity index (χ0) is 18.2. The van der Waals surface area contributed by atoms with Gasteiger partial charge < -0.3 is 15.0 Å². The van der Waals surface area contributed by atoms with Gasteiger partial charge in [0.1, 0.15) is 0 Å². The molecule has 1 aromatic carbocycles. The van der Waals surface area contributed by atoms with E-state index in [0.29, 0.717) is 13.1 Å². The number of carbonyl (C=O) groups is 3. The number of thioether (sulfide) groups is 1. The number of amides is 2. The second-order valence-electron chi connectivity index (χ2n) is 5.78. The van der Waals surface area contributed by atoms with Gasteiger partial charge in [-0.15, -0.1) is 11.8 Å². The highest BCUT2D eigenvalue weighted by atomic mass is 32.2. The molecule has 0 spiro atoms. The smallest absolute Gasteiger partial charge is 0.307 e. The number of anilines is 1. The van der Waals surface area contributed by atoms with Crippen LogP contribution in [0.25, 0.3) is 0 Å². The summed E-state index contributed by atoms with van der Waals surface area (Å²) in [7, 11) is 0. The number of esters is 1. The zero-order valence-electron chi connectivity index (χ0n) is 14.6. The van der Waals surface area contributed by atoms with Gasteiger partial charge in [0.2, 0.25) is 5.91 Å². The quantitative estimate of drug-likeness (QED) is 0.718. The highest BCUT2D eigenvalue weighted by Gasteiger charge is 2.29. The van der Waals surface area contributed by atoms with Gasteiger partial charge in [-0.05, 0) is 25.5 Å². The lowest BCUT2D eigenvalue weighted by molar-refractivity contribution is -0.152. The van der Waals surface area contributed by atoms with Crippen molar-refractivity contribution in [2.75, 3.05) is 25.0 Å². The molecule has 0 radical (unpaired) electrons. The summed E-state index contributed by atoms with van der Waals surface area (Å²) >= 11 is 1.34. The molecule has 7 heteroatoms. The summed E-state index contributed by atoms with van der Waals surface area (Å²) in [5.41, 5.74) is 0.756. The molecule has 0 fully saturated rings. The number of para-hydroxylation sites is 1. The predicted octanol–water partition coefficient (Wildman–Crippen LogP) is 2.68. The topological polar surface area (TPSA) is 75.7 Å². The van der Waals surface area contributed by atoms with Crippen LogP contribution in [0.5, 0.6) is 0 Å². The minimum atomic E-state index is -0.542. The lowest BCUT2D eigenvalue weighted by Crippen LogP contribution is -2.36. The van der Waals surface area contributed by atoms with Crippen molar-refractivity contribution in [3.8, 4) is 0 Å². The maximum atomic E-state index is 12.1. The number of ether oxygens (including phenoxy) is 1. The molecule has 1 aliphatic rings. The Balaban J connectivity index is 1.82. The summed E-state index contributed by atoms with van der Waals surface area (Å²) in [5.74, 6) is -0.951. The third-order valence-corrected chi connectivity index (χ3v) is 5.21. The predicted molar refractivity (Wildman–Crippen MR) is 97.5 cm³/mol. The summed E-state index contributed by atoms with van der Waals surface area (Å²) in [6.07, 6.45) is 1.87. The molecule has 6 nitrogen and oxygen atoms in total. The molecule has 0 aliphatic carbocycles. The van der Waals surface area contributed by atoms with Gasteiger partial charge in [0.15, 0.2) is 6.61 Å². The van der Waals surface area contributed by atoms with Crippen LogP contribution in [-0.4, -0.2) is 47.6 Å². The number of rotatable bonds is 8. The van der Waals surface area contributed by atoms with Gasteiger partial charge in [0.05, 0.1) is 17.4 Å². The Kier molecular flexibility index (Phi) is 7.31. The summed E-state index contributed by atoms with van der Waals surface area (Å²) in [5, 5.41) is 2.25. The van der Waals surface area contributed by atoms with Crippen molar-refractivity contribution in [2.45, 2.75) is 43.3 Å². The molecule has 2 amide bonds. The third-order valence-electron chi connectivity index (χ3n) is 3.93. The van der Waals surface area contributed by atoms with Crippen LogP contribution in [0, 0.1) is 0 Å². The van der Waals surface area contributed by atoms with E-state index < -0.39 is 11.2 Å². The first kappa shape index (κ1) is 19.3. The van der Waals surface area contributed by atoms with E-state index in [9.17, 15) is 14.4 Å². The van der Waals surface area contributed by atoms with Crippen LogP contribution in [0.15, 0.2) is 29.2 Å². The van der Waals surface area contributed by atoms with Gasteiger partial charge in [0.25, 0.3) is 5.91 Å². The Bertz CT molecular complexity index is 635. The van der Waals surface area contributed by atoms with Crippen molar-refractivity contribution in [1.29, 1.82) is 0 Å². The van der Waals surface area contributed by atoms with Crippen molar-refractivity contribution >= 4 is 35.2 Å². The van der Waals surface area contributed by atoms with Crippen LogP contribution < -0.4 is 5.32 Å². The third kappa shape index (κ3) is 5.49. The molecule has 25 heavy (non-hydrogen) atoms. The number of likely N-dealkylation sites (N-methyl/N-ethyl adjacent to an activating group) is 1. The van der Waals surface area contributed by atoms with Gasteiger partial charge in [-0.1, -0.05) is 25.5 Å². The van der Waals surface area contributed by atoms with Gasteiger partial charge in [-0.3, -0.25) is 14.4 Å². The zero-order valence-corrected chi connectivity index (χ0v) is 15.4. The summed E-state index contributed by atoms with van der Waals surface area (Å²) in [6, 6.07) is 7.45. The molecule has 0 saturated heterocycles. The van der Waals surface area contributed by atoms with Crippen LogP contribution in [0.1, 0.15) is 33.1 Å². The maximum absolute atomic E-state index is 12.1. The molecule has 136 valence electrons. The van der Waals surface area contributed by atoms with Gasteiger partial charge in [0, 0.05) is 18.0 Å². The summed E-state index contributed by atoms with van der Waals surface area (Å²) in [6.45, 7) is 4.94. The number of benzene rings is 1. The molecular weight excluding hydrogens is 340 g/mol. The largest absolute Gasteiger partial charge is 0.456 e. The highest BCUT2D eigenvalue weighted by molar-refractivity contribution is 8.01. The van der Waals surface area contributed by atoms with Gasteiger partial charge in [-0.25, -0.2) is 0 Å². The number of fused-ring (bicyclic) bond motifs is 1. The van der Waals surface area contributed by atoms with Crippen molar-refractivity contribution < 1.29 is 19.1 Å². The fourth-order valence-corrected chi connectivity index (χ4v) is 3.57. The molecule has 1 heterocycles. The van der Waals surface area contributed by atoms with Crippen LogP contribution in [-0.2, 0) is 19.1 Å². The van der Waals surface area contributed by atoms with E-state index in [0.717, 1.165) is 23.4 Å². The Morgan fingerprint density at radius 1 is 1.28 bits per heavy atom. The second kappa shape index (κ2) is 9.46. The minimum Gasteiger partial charge on any atom is -0.456 e. The van der Waals surface area contributed by atoms with Crippen molar-refractivity contribution in [1.82, 2.24) is 4.90 Å². The van der Waals surface area contributed by atoms with Crippen LogP contribution >= 0.6 is 11.8 Å². The molecule has 1 atom stereocenters. The van der Waals surface area contributed by atoms with Crippen molar-refractivity contribution in [2.24, 2.45) is 0 Å². The van der Waals surface area contributed by atoms with E-state index in [1.54, 1.807) is 4.90 Å². The number of carbonyl (C=O) groups excluding carboxylic acids is 3. The number of hydrogen-bond donors (Lipinski definition) is 1. The van der Waals surface area contributed by atoms with E-state index in [2.05, 4.69) is 12.2 Å². The van der Waals surface area contributed by atoms with E-state index in [-0.39, 0.29) is 24.8 Å². The first-order chi connectivity index (χ1) is 12.0. The lowest BCUT2D eigenvalue weighted by Gasteiger charge is -2.23. The van der Waals surface area contributed by atoms with Crippen molar-refractivity contribution in [3.63, 3.8) is 0 Å². The highest BCUT2D eigenvalue weighted by Crippen LogP contribution is 2.36.